The molecule has 0 aromatic heterocycles. The lowest BCUT2D eigenvalue weighted by Crippen LogP contribution is -2.44. The number of alkyl halides is 3. The molecule has 1 aliphatic rings. The maximum atomic E-state index is 13.5. The highest BCUT2D eigenvalue weighted by molar-refractivity contribution is 7.89. The Morgan fingerprint density at radius 2 is 1.83 bits per heavy atom. The van der Waals surface area contributed by atoms with E-state index in [0.29, 0.717) is 19.4 Å². The smallest absolute Gasteiger partial charge is 0.416 e. The quantitative estimate of drug-likeness (QED) is 0.535. The third kappa shape index (κ3) is 7.18. The molecule has 0 radical (unpaired) electrons. The molecule has 7 nitrogen and oxygen atoms in total. The summed E-state index contributed by atoms with van der Waals surface area (Å²) in [6, 6.07) is 8.87. The summed E-state index contributed by atoms with van der Waals surface area (Å²) in [5.74, 6) is -0.819. The highest BCUT2D eigenvalue weighted by Crippen LogP contribution is 2.35. The lowest BCUT2D eigenvalue weighted by molar-refractivity contribution is -0.138. The van der Waals surface area contributed by atoms with Crippen molar-refractivity contribution in [2.45, 2.75) is 51.6 Å². The number of carbonyl (C=O) groups is 1. The van der Waals surface area contributed by atoms with Crippen LogP contribution in [-0.4, -0.2) is 48.9 Å². The van der Waals surface area contributed by atoms with E-state index in [2.05, 4.69) is 0 Å². The Kier molecular flexibility index (Phi) is 8.45. The molecule has 11 heteroatoms. The minimum Gasteiger partial charge on any atom is -0.465 e. The topological polar surface area (TPSA) is 95.9 Å². The van der Waals surface area contributed by atoms with Crippen molar-refractivity contribution < 1.29 is 36.2 Å². The van der Waals surface area contributed by atoms with E-state index in [1.807, 2.05) is 37.4 Å². The van der Waals surface area contributed by atoms with E-state index in [-0.39, 0.29) is 19.2 Å². The van der Waals surface area contributed by atoms with Crippen LogP contribution in [-0.2, 0) is 27.5 Å². The summed E-state index contributed by atoms with van der Waals surface area (Å²) < 4.78 is 73.7. The van der Waals surface area contributed by atoms with Crippen molar-refractivity contribution in [2.75, 3.05) is 18.8 Å². The highest BCUT2D eigenvalue weighted by Gasteiger charge is 2.38. The maximum Gasteiger partial charge on any atom is 0.416 e. The van der Waals surface area contributed by atoms with E-state index in [0.717, 1.165) is 28.8 Å². The minimum atomic E-state index is -4.76. The van der Waals surface area contributed by atoms with Crippen molar-refractivity contribution in [1.82, 2.24) is 9.62 Å². The molecule has 2 aromatic rings. The van der Waals surface area contributed by atoms with Gasteiger partial charge in [0.1, 0.15) is 0 Å². The molecule has 35 heavy (non-hydrogen) atoms. The Labute approximate surface area is 202 Å². The molecule has 3 rings (SSSR count). The van der Waals surface area contributed by atoms with Crippen LogP contribution in [0.4, 0.5) is 18.0 Å². The molecule has 0 unspecified atom stereocenters. The summed E-state index contributed by atoms with van der Waals surface area (Å²) in [5, 5.41) is 11.1. The summed E-state index contributed by atoms with van der Waals surface area (Å²) >= 11 is 0. The van der Waals surface area contributed by atoms with Gasteiger partial charge in [-0.2, -0.15) is 13.2 Å². The fourth-order valence-corrected chi connectivity index (χ4v) is 5.84. The highest BCUT2D eigenvalue weighted by atomic mass is 32.2. The van der Waals surface area contributed by atoms with E-state index in [1.54, 1.807) is 0 Å². The van der Waals surface area contributed by atoms with Gasteiger partial charge in [0.25, 0.3) is 0 Å². The first-order valence-electron chi connectivity index (χ1n) is 11.2. The average Bonchev–Trinajstić information content (AvgIpc) is 2.78. The molecule has 0 spiro atoms. The van der Waals surface area contributed by atoms with Crippen LogP contribution in [0, 0.1) is 13.8 Å². The molecular formula is C24H29F3N2O5S. The minimum absolute atomic E-state index is 0.139. The van der Waals surface area contributed by atoms with Gasteiger partial charge in [-0.1, -0.05) is 42.0 Å². The predicted molar refractivity (Wildman–Crippen MR) is 124 cm³/mol. The van der Waals surface area contributed by atoms with E-state index >= 15 is 0 Å². The Bertz CT molecular complexity index is 1150. The Hall–Kier alpha value is -2.63. The Morgan fingerprint density at radius 3 is 2.46 bits per heavy atom. The van der Waals surface area contributed by atoms with Crippen molar-refractivity contribution >= 4 is 16.1 Å². The lowest BCUT2D eigenvalue weighted by Gasteiger charge is -2.32. The maximum absolute atomic E-state index is 13.5. The van der Waals surface area contributed by atoms with Crippen LogP contribution in [0.3, 0.4) is 0 Å². The number of carboxylic acid groups (broad SMARTS) is 1. The third-order valence-corrected chi connectivity index (χ3v) is 8.00. The molecule has 1 saturated heterocycles. The van der Waals surface area contributed by atoms with Gasteiger partial charge in [-0.15, -0.1) is 0 Å². The zero-order valence-corrected chi connectivity index (χ0v) is 20.3. The second kappa shape index (κ2) is 11.0. The van der Waals surface area contributed by atoms with E-state index in [4.69, 9.17) is 9.84 Å². The average molecular weight is 515 g/mol. The van der Waals surface area contributed by atoms with Crippen molar-refractivity contribution in [1.29, 1.82) is 0 Å². The zero-order valence-electron chi connectivity index (χ0n) is 19.5. The SMILES string of the molecule is Cc1ccc(C)c(COC2CCN(S(=O)(=O)C[C@H](NC(=O)O)c3ccccc3C(F)(F)F)CC2)c1. The van der Waals surface area contributed by atoms with Crippen LogP contribution in [0.2, 0.25) is 0 Å². The van der Waals surface area contributed by atoms with Crippen LogP contribution in [0.1, 0.15) is 46.7 Å². The van der Waals surface area contributed by atoms with Gasteiger partial charge < -0.3 is 15.2 Å². The summed E-state index contributed by atoms with van der Waals surface area (Å²) in [4.78, 5) is 11.3. The first kappa shape index (κ1) is 27.0. The summed E-state index contributed by atoms with van der Waals surface area (Å²) in [6.45, 7) is 4.67. The Morgan fingerprint density at radius 1 is 1.17 bits per heavy atom. The van der Waals surface area contributed by atoms with Gasteiger partial charge in [-0.25, -0.2) is 17.5 Å². The molecule has 1 heterocycles. The molecule has 0 aliphatic carbocycles. The Balaban J connectivity index is 1.67. The number of hydrogen-bond donors (Lipinski definition) is 2. The molecule has 0 bridgehead atoms. The number of amides is 1. The normalized spacial score (nSPS) is 16.7. The van der Waals surface area contributed by atoms with Crippen LogP contribution >= 0.6 is 0 Å². The van der Waals surface area contributed by atoms with Crippen molar-refractivity contribution in [3.8, 4) is 0 Å². The number of nitrogens with zero attached hydrogens (tertiary/aromatic N) is 1. The van der Waals surface area contributed by atoms with E-state index in [9.17, 15) is 26.4 Å². The van der Waals surface area contributed by atoms with Gasteiger partial charge in [-0.05, 0) is 49.4 Å². The van der Waals surface area contributed by atoms with Gasteiger partial charge in [0, 0.05) is 13.1 Å². The monoisotopic (exact) mass is 514 g/mol. The number of sulfonamides is 1. The van der Waals surface area contributed by atoms with Crippen molar-refractivity contribution in [3.63, 3.8) is 0 Å². The summed E-state index contributed by atoms with van der Waals surface area (Å²) in [7, 11) is -4.06. The van der Waals surface area contributed by atoms with Crippen molar-refractivity contribution in [3.05, 3.63) is 70.3 Å². The lowest BCUT2D eigenvalue weighted by atomic mass is 10.0. The van der Waals surface area contributed by atoms with E-state index in [1.165, 1.54) is 16.4 Å². The molecule has 2 aromatic carbocycles. The number of ether oxygens (including phenoxy) is 1. The number of hydrogen-bond acceptors (Lipinski definition) is 4. The van der Waals surface area contributed by atoms with Crippen LogP contribution < -0.4 is 5.32 Å². The third-order valence-electron chi connectivity index (χ3n) is 6.09. The number of piperidine rings is 1. The van der Waals surface area contributed by atoms with Crippen LogP contribution in [0.5, 0.6) is 0 Å². The largest absolute Gasteiger partial charge is 0.465 e. The van der Waals surface area contributed by atoms with E-state index < -0.39 is 45.2 Å². The molecule has 1 atom stereocenters. The zero-order chi connectivity index (χ0) is 25.8. The summed E-state index contributed by atoms with van der Waals surface area (Å²) in [6.07, 6.45) is -5.66. The van der Waals surface area contributed by atoms with Gasteiger partial charge in [0.15, 0.2) is 0 Å². The van der Waals surface area contributed by atoms with Gasteiger partial charge >= 0.3 is 12.3 Å². The van der Waals surface area contributed by atoms with Gasteiger partial charge in [0.05, 0.1) is 30.1 Å². The number of halogens is 3. The molecule has 0 saturated carbocycles. The molecular weight excluding hydrogens is 485 g/mol. The van der Waals surface area contributed by atoms with Crippen LogP contribution in [0.25, 0.3) is 0 Å². The number of nitrogens with one attached hydrogen (secondary N) is 1. The molecule has 192 valence electrons. The molecule has 1 amide bonds. The van der Waals surface area contributed by atoms with Crippen molar-refractivity contribution in [2.24, 2.45) is 0 Å². The fourth-order valence-electron chi connectivity index (χ4n) is 4.17. The predicted octanol–water partition coefficient (Wildman–Crippen LogP) is 4.64. The molecule has 1 aliphatic heterocycles. The van der Waals surface area contributed by atoms with Gasteiger partial charge in [-0.3, -0.25) is 0 Å². The first-order chi connectivity index (χ1) is 16.4. The van der Waals surface area contributed by atoms with Gasteiger partial charge in [0.2, 0.25) is 10.0 Å². The number of aryl methyl sites for hydroxylation is 2. The molecule has 2 N–H and O–H groups in total. The second-order valence-corrected chi connectivity index (χ2v) is 10.7. The standard InChI is InChI=1S/C24H29F3N2O5S/c1-16-7-8-17(2)18(13-16)14-34-19-9-11-29(12-10-19)35(32,33)15-22(28-23(30)31)20-5-3-4-6-21(20)24(25,26)27/h3-8,13,19,22,28H,9-12,14-15H2,1-2H3,(H,30,31)/t22-/m0/s1. The fraction of sp³-hybridized carbons (Fsp3) is 0.458. The summed E-state index contributed by atoms with van der Waals surface area (Å²) in [5.41, 5.74) is 1.77. The molecule has 1 fully saturated rings. The second-order valence-electron chi connectivity index (χ2n) is 8.70. The number of benzene rings is 2. The van der Waals surface area contributed by atoms with Crippen LogP contribution in [0.15, 0.2) is 42.5 Å². The number of rotatable bonds is 8. The first-order valence-corrected chi connectivity index (χ1v) is 12.8.